The fourth-order valence-electron chi connectivity index (χ4n) is 2.53. The number of ether oxygens (including phenoxy) is 2. The van der Waals surface area contributed by atoms with Crippen LogP contribution in [0.5, 0.6) is 11.5 Å². The maximum absolute atomic E-state index is 12.6. The van der Waals surface area contributed by atoms with Gasteiger partial charge < -0.3 is 20.1 Å². The molecule has 0 saturated carbocycles. The molecule has 0 radical (unpaired) electrons. The lowest BCUT2D eigenvalue weighted by Crippen LogP contribution is -2.22. The Bertz CT molecular complexity index is 988. The van der Waals surface area contributed by atoms with Crippen LogP contribution in [0.1, 0.15) is 10.4 Å². The second kappa shape index (κ2) is 9.61. The van der Waals surface area contributed by atoms with Crippen molar-refractivity contribution in [2.45, 2.75) is 0 Å². The number of hydrogen-bond donors (Lipinski definition) is 2. The minimum Gasteiger partial charge on any atom is -0.497 e. The molecular formula is C22H19ClN2O4. The number of benzene rings is 3. The number of amides is 2. The third-order valence-corrected chi connectivity index (χ3v) is 4.23. The van der Waals surface area contributed by atoms with Crippen LogP contribution in [-0.4, -0.2) is 25.5 Å². The first-order chi connectivity index (χ1) is 14.0. The minimum absolute atomic E-state index is 0.198. The summed E-state index contributed by atoms with van der Waals surface area (Å²) in [5.74, 6) is 0.487. The summed E-state index contributed by atoms with van der Waals surface area (Å²) in [6.45, 7) is -0.198. The van der Waals surface area contributed by atoms with Gasteiger partial charge in [-0.1, -0.05) is 23.7 Å². The molecule has 0 aromatic heterocycles. The molecule has 0 spiro atoms. The molecule has 3 rings (SSSR count). The minimum atomic E-state index is -0.385. The summed E-state index contributed by atoms with van der Waals surface area (Å²) in [4.78, 5) is 24.9. The molecule has 3 aromatic rings. The third kappa shape index (κ3) is 5.73. The highest BCUT2D eigenvalue weighted by atomic mass is 35.5. The Morgan fingerprint density at radius 2 is 1.52 bits per heavy atom. The van der Waals surface area contributed by atoms with Gasteiger partial charge in [-0.15, -0.1) is 0 Å². The standard InChI is InChI=1S/C22H19ClN2O4/c1-28-17-12-8-16(9-13-17)24-22(27)19-4-2-3-5-20(19)25-21(26)14-29-18-10-6-15(23)7-11-18/h2-13H,14H2,1H3,(H,24,27)(H,25,26). The Kier molecular flexibility index (Phi) is 6.71. The monoisotopic (exact) mass is 410 g/mol. The van der Waals surface area contributed by atoms with Gasteiger partial charge in [0.15, 0.2) is 6.61 Å². The molecule has 0 unspecified atom stereocenters. The number of anilines is 2. The first-order valence-corrected chi connectivity index (χ1v) is 9.15. The molecule has 6 nitrogen and oxygen atoms in total. The Labute approximate surface area is 173 Å². The number of nitrogens with one attached hydrogen (secondary N) is 2. The predicted octanol–water partition coefficient (Wildman–Crippen LogP) is 4.62. The van der Waals surface area contributed by atoms with Gasteiger partial charge in [-0.25, -0.2) is 0 Å². The van der Waals surface area contributed by atoms with Gasteiger partial charge in [0.2, 0.25) is 0 Å². The van der Waals surface area contributed by atoms with Crippen LogP contribution in [-0.2, 0) is 4.79 Å². The highest BCUT2D eigenvalue weighted by Crippen LogP contribution is 2.20. The van der Waals surface area contributed by atoms with E-state index in [4.69, 9.17) is 21.1 Å². The normalized spacial score (nSPS) is 10.1. The van der Waals surface area contributed by atoms with Gasteiger partial charge in [-0.3, -0.25) is 9.59 Å². The third-order valence-electron chi connectivity index (χ3n) is 3.98. The van der Waals surface area contributed by atoms with Crippen LogP contribution in [0.3, 0.4) is 0 Å². The van der Waals surface area contributed by atoms with Gasteiger partial charge in [0.25, 0.3) is 11.8 Å². The van der Waals surface area contributed by atoms with Crippen molar-refractivity contribution in [3.05, 3.63) is 83.4 Å². The Balaban J connectivity index is 1.63. The number of rotatable bonds is 7. The molecule has 0 saturated heterocycles. The van der Waals surface area contributed by atoms with Crippen molar-refractivity contribution in [2.75, 3.05) is 24.4 Å². The van der Waals surface area contributed by atoms with Crippen LogP contribution in [0.15, 0.2) is 72.8 Å². The number of halogens is 1. The molecule has 148 valence electrons. The summed E-state index contributed by atoms with van der Waals surface area (Å²) in [5, 5.41) is 6.09. The summed E-state index contributed by atoms with van der Waals surface area (Å²) in [6.07, 6.45) is 0. The van der Waals surface area contributed by atoms with E-state index in [0.717, 1.165) is 0 Å². The lowest BCUT2D eigenvalue weighted by Gasteiger charge is -2.12. The molecule has 7 heteroatoms. The Morgan fingerprint density at radius 1 is 0.862 bits per heavy atom. The van der Waals surface area contributed by atoms with Crippen molar-refractivity contribution in [3.8, 4) is 11.5 Å². The van der Waals surface area contributed by atoms with E-state index in [2.05, 4.69) is 10.6 Å². The number of para-hydroxylation sites is 1. The fourth-order valence-corrected chi connectivity index (χ4v) is 2.65. The Morgan fingerprint density at radius 3 is 2.21 bits per heavy atom. The van der Waals surface area contributed by atoms with E-state index in [9.17, 15) is 9.59 Å². The smallest absolute Gasteiger partial charge is 0.262 e. The second-order valence-electron chi connectivity index (χ2n) is 6.02. The molecule has 2 amide bonds. The van der Waals surface area contributed by atoms with Gasteiger partial charge in [0.1, 0.15) is 11.5 Å². The zero-order valence-corrected chi connectivity index (χ0v) is 16.4. The van der Waals surface area contributed by atoms with E-state index in [-0.39, 0.29) is 18.4 Å². The van der Waals surface area contributed by atoms with Crippen LogP contribution >= 0.6 is 11.6 Å². The van der Waals surface area contributed by atoms with E-state index >= 15 is 0 Å². The first-order valence-electron chi connectivity index (χ1n) is 8.78. The van der Waals surface area contributed by atoms with Crippen molar-refractivity contribution >= 4 is 34.8 Å². The maximum atomic E-state index is 12.6. The molecule has 0 aliphatic heterocycles. The van der Waals surface area contributed by atoms with E-state index in [1.807, 2.05) is 0 Å². The van der Waals surface area contributed by atoms with Gasteiger partial charge >= 0.3 is 0 Å². The first kappa shape index (κ1) is 20.2. The topological polar surface area (TPSA) is 76.7 Å². The van der Waals surface area contributed by atoms with Crippen molar-refractivity contribution in [1.82, 2.24) is 0 Å². The molecule has 0 heterocycles. The molecule has 0 fully saturated rings. The number of hydrogen-bond acceptors (Lipinski definition) is 4. The summed E-state index contributed by atoms with van der Waals surface area (Å²) in [5.41, 5.74) is 1.34. The molecule has 3 aromatic carbocycles. The highest BCUT2D eigenvalue weighted by molar-refractivity contribution is 6.30. The Hall–Kier alpha value is -3.51. The van der Waals surface area contributed by atoms with E-state index in [0.29, 0.717) is 33.5 Å². The molecule has 0 atom stereocenters. The van der Waals surface area contributed by atoms with Gasteiger partial charge in [0.05, 0.1) is 18.4 Å². The number of carbonyl (C=O) groups excluding carboxylic acids is 2. The molecule has 0 aliphatic rings. The van der Waals surface area contributed by atoms with Crippen LogP contribution in [0.25, 0.3) is 0 Å². The highest BCUT2D eigenvalue weighted by Gasteiger charge is 2.14. The average molecular weight is 411 g/mol. The lowest BCUT2D eigenvalue weighted by molar-refractivity contribution is -0.118. The van der Waals surface area contributed by atoms with Crippen LogP contribution in [0.4, 0.5) is 11.4 Å². The summed E-state index contributed by atoms with van der Waals surface area (Å²) >= 11 is 5.82. The lowest BCUT2D eigenvalue weighted by atomic mass is 10.1. The molecule has 0 bridgehead atoms. The average Bonchev–Trinajstić information content (AvgIpc) is 2.74. The summed E-state index contributed by atoms with van der Waals surface area (Å²) in [6, 6.07) is 20.4. The van der Waals surface area contributed by atoms with E-state index in [1.54, 1.807) is 79.9 Å². The largest absolute Gasteiger partial charge is 0.497 e. The SMILES string of the molecule is COc1ccc(NC(=O)c2ccccc2NC(=O)COc2ccc(Cl)cc2)cc1. The van der Waals surface area contributed by atoms with Crippen molar-refractivity contribution in [2.24, 2.45) is 0 Å². The van der Waals surface area contributed by atoms with Crippen molar-refractivity contribution < 1.29 is 19.1 Å². The van der Waals surface area contributed by atoms with Gasteiger partial charge in [0, 0.05) is 10.7 Å². The van der Waals surface area contributed by atoms with Crippen molar-refractivity contribution in [1.29, 1.82) is 0 Å². The van der Waals surface area contributed by atoms with Gasteiger partial charge in [-0.05, 0) is 60.7 Å². The van der Waals surface area contributed by atoms with E-state index in [1.165, 1.54) is 0 Å². The quantitative estimate of drug-likeness (QED) is 0.596. The zero-order chi connectivity index (χ0) is 20.6. The van der Waals surface area contributed by atoms with Gasteiger partial charge in [-0.2, -0.15) is 0 Å². The van der Waals surface area contributed by atoms with Crippen LogP contribution in [0, 0.1) is 0 Å². The molecule has 29 heavy (non-hydrogen) atoms. The van der Waals surface area contributed by atoms with Crippen LogP contribution < -0.4 is 20.1 Å². The van der Waals surface area contributed by atoms with Crippen LogP contribution in [0.2, 0.25) is 5.02 Å². The fraction of sp³-hybridized carbons (Fsp3) is 0.0909. The van der Waals surface area contributed by atoms with Crippen molar-refractivity contribution in [3.63, 3.8) is 0 Å². The number of methoxy groups -OCH3 is 1. The summed E-state index contributed by atoms with van der Waals surface area (Å²) in [7, 11) is 1.57. The summed E-state index contributed by atoms with van der Waals surface area (Å²) < 4.78 is 10.5. The zero-order valence-electron chi connectivity index (χ0n) is 15.6. The molecular weight excluding hydrogens is 392 g/mol. The van der Waals surface area contributed by atoms with E-state index < -0.39 is 0 Å². The predicted molar refractivity (Wildman–Crippen MR) is 113 cm³/mol. The number of carbonyl (C=O) groups is 2. The molecule has 0 aliphatic carbocycles. The second-order valence-corrected chi connectivity index (χ2v) is 6.46. The maximum Gasteiger partial charge on any atom is 0.262 e. The molecule has 2 N–H and O–H groups in total.